The SMILES string of the molecule is CCCc1c(OCCCCOc2cccc(C3SC(=O)NC3=O)c2)ccc2c(C(F)(F)F)noc12. The number of aromatic nitrogens is 1. The number of carbonyl (C=O) groups excluding carboxylic acids is 2. The molecule has 186 valence electrons. The van der Waals surface area contributed by atoms with E-state index >= 15 is 0 Å². The Morgan fingerprint density at radius 2 is 1.89 bits per heavy atom. The van der Waals surface area contributed by atoms with E-state index in [1.165, 1.54) is 12.1 Å². The van der Waals surface area contributed by atoms with Crippen LogP contribution in [0.4, 0.5) is 18.0 Å². The number of aryl methyl sites for hydroxylation is 1. The second kappa shape index (κ2) is 10.6. The van der Waals surface area contributed by atoms with E-state index in [1.54, 1.807) is 24.3 Å². The van der Waals surface area contributed by atoms with E-state index < -0.39 is 17.1 Å². The van der Waals surface area contributed by atoms with Crippen LogP contribution >= 0.6 is 11.8 Å². The van der Waals surface area contributed by atoms with Crippen molar-refractivity contribution in [2.24, 2.45) is 0 Å². The summed E-state index contributed by atoms with van der Waals surface area (Å²) < 4.78 is 56.1. The van der Waals surface area contributed by atoms with Crippen LogP contribution in [0.1, 0.15) is 48.3 Å². The molecule has 0 bridgehead atoms. The highest BCUT2D eigenvalue weighted by atomic mass is 32.2. The van der Waals surface area contributed by atoms with E-state index in [0.29, 0.717) is 61.5 Å². The van der Waals surface area contributed by atoms with Crippen molar-refractivity contribution >= 4 is 33.9 Å². The fourth-order valence-corrected chi connectivity index (χ4v) is 4.61. The fourth-order valence-electron chi connectivity index (χ4n) is 3.79. The number of thioether (sulfide) groups is 1. The maximum Gasteiger partial charge on any atom is 0.437 e. The number of ether oxygens (including phenoxy) is 2. The van der Waals surface area contributed by atoms with Crippen molar-refractivity contribution in [1.82, 2.24) is 10.5 Å². The molecule has 1 unspecified atom stereocenters. The molecule has 1 atom stereocenters. The predicted molar refractivity (Wildman–Crippen MR) is 124 cm³/mol. The van der Waals surface area contributed by atoms with Crippen LogP contribution in [0.15, 0.2) is 40.9 Å². The summed E-state index contributed by atoms with van der Waals surface area (Å²) in [6.07, 6.45) is -2.05. The number of fused-ring (bicyclic) bond motifs is 1. The molecule has 35 heavy (non-hydrogen) atoms. The van der Waals surface area contributed by atoms with Crippen LogP contribution in [0.25, 0.3) is 11.0 Å². The van der Waals surface area contributed by atoms with Gasteiger partial charge in [0.05, 0.1) is 18.6 Å². The Balaban J connectivity index is 1.30. The number of imide groups is 1. The van der Waals surface area contributed by atoms with Gasteiger partial charge in [-0.25, -0.2) is 0 Å². The number of hydrogen-bond acceptors (Lipinski definition) is 7. The molecule has 2 aromatic carbocycles. The van der Waals surface area contributed by atoms with Crippen LogP contribution in [0, 0.1) is 0 Å². The van der Waals surface area contributed by atoms with Gasteiger partial charge in [-0.2, -0.15) is 13.2 Å². The Labute approximate surface area is 203 Å². The minimum atomic E-state index is -4.59. The minimum absolute atomic E-state index is 0.0678. The molecule has 4 rings (SSSR count). The number of carbonyl (C=O) groups is 2. The number of alkyl halides is 3. The molecular formula is C24H23F3N2O5S. The third kappa shape index (κ3) is 5.72. The molecule has 11 heteroatoms. The summed E-state index contributed by atoms with van der Waals surface area (Å²) in [5.41, 5.74) is 0.347. The number of unbranched alkanes of at least 4 members (excludes halogenated alkanes) is 1. The maximum absolute atomic E-state index is 13.1. The van der Waals surface area contributed by atoms with Gasteiger partial charge in [0.15, 0.2) is 11.3 Å². The Hall–Kier alpha value is -3.21. The number of rotatable bonds is 10. The first-order valence-corrected chi connectivity index (χ1v) is 12.0. The van der Waals surface area contributed by atoms with Crippen molar-refractivity contribution in [3.63, 3.8) is 0 Å². The third-order valence-electron chi connectivity index (χ3n) is 5.38. The number of hydrogen-bond donors (Lipinski definition) is 1. The second-order valence-electron chi connectivity index (χ2n) is 7.95. The smallest absolute Gasteiger partial charge is 0.437 e. The van der Waals surface area contributed by atoms with E-state index in [9.17, 15) is 22.8 Å². The Morgan fingerprint density at radius 1 is 1.11 bits per heavy atom. The average Bonchev–Trinajstić information content (AvgIpc) is 3.40. The van der Waals surface area contributed by atoms with E-state index in [2.05, 4.69) is 10.5 Å². The largest absolute Gasteiger partial charge is 0.494 e. The molecule has 0 radical (unpaired) electrons. The van der Waals surface area contributed by atoms with Crippen LogP contribution in [-0.4, -0.2) is 29.5 Å². The van der Waals surface area contributed by atoms with Crippen molar-refractivity contribution in [3.8, 4) is 11.5 Å². The van der Waals surface area contributed by atoms with Gasteiger partial charge in [0.25, 0.3) is 5.24 Å². The summed E-state index contributed by atoms with van der Waals surface area (Å²) >= 11 is 0.938. The molecule has 1 N–H and O–H groups in total. The number of halogens is 3. The van der Waals surface area contributed by atoms with Gasteiger partial charge >= 0.3 is 6.18 Å². The average molecular weight is 509 g/mol. The topological polar surface area (TPSA) is 90.7 Å². The zero-order valence-corrected chi connectivity index (χ0v) is 19.6. The Bertz CT molecular complexity index is 1230. The van der Waals surface area contributed by atoms with Gasteiger partial charge < -0.3 is 14.0 Å². The molecule has 3 aromatic rings. The predicted octanol–water partition coefficient (Wildman–Crippen LogP) is 6.06. The van der Waals surface area contributed by atoms with Gasteiger partial charge in [0.1, 0.15) is 16.7 Å². The maximum atomic E-state index is 13.1. The van der Waals surface area contributed by atoms with Crippen LogP contribution in [0.5, 0.6) is 11.5 Å². The molecule has 1 saturated heterocycles. The highest BCUT2D eigenvalue weighted by molar-refractivity contribution is 8.15. The van der Waals surface area contributed by atoms with Gasteiger partial charge in [-0.05, 0) is 60.9 Å². The lowest BCUT2D eigenvalue weighted by molar-refractivity contribution is -0.141. The quantitative estimate of drug-likeness (QED) is 0.333. The summed E-state index contributed by atoms with van der Waals surface area (Å²) in [5.74, 6) is 0.743. The van der Waals surface area contributed by atoms with Crippen LogP contribution in [0.2, 0.25) is 0 Å². The molecule has 1 aliphatic rings. The zero-order valence-electron chi connectivity index (χ0n) is 18.8. The summed E-state index contributed by atoms with van der Waals surface area (Å²) in [6, 6.07) is 9.92. The van der Waals surface area contributed by atoms with Gasteiger partial charge in [0, 0.05) is 5.56 Å². The van der Waals surface area contributed by atoms with Gasteiger partial charge in [-0.1, -0.05) is 30.6 Å². The van der Waals surface area contributed by atoms with Crippen LogP contribution < -0.4 is 14.8 Å². The normalized spacial score (nSPS) is 16.1. The lowest BCUT2D eigenvalue weighted by atomic mass is 10.0. The standard InChI is InChI=1S/C24H23F3N2O5S/c1-2-6-16-18(10-9-17-19(16)34-29-21(17)24(25,26)27)33-12-4-3-11-32-15-8-5-7-14(13-15)20-22(30)28-23(31)35-20/h5,7-10,13,20H,2-4,6,11-12H2,1H3,(H,28,30,31). The van der Waals surface area contributed by atoms with Crippen molar-refractivity contribution < 1.29 is 36.8 Å². The van der Waals surface area contributed by atoms with Crippen molar-refractivity contribution in [3.05, 3.63) is 53.2 Å². The first-order valence-electron chi connectivity index (χ1n) is 11.1. The first kappa shape index (κ1) is 24.9. The summed E-state index contributed by atoms with van der Waals surface area (Å²) in [7, 11) is 0. The monoisotopic (exact) mass is 508 g/mol. The zero-order chi connectivity index (χ0) is 25.0. The van der Waals surface area contributed by atoms with Gasteiger partial charge in [-0.3, -0.25) is 14.9 Å². The van der Waals surface area contributed by atoms with Crippen molar-refractivity contribution in [1.29, 1.82) is 0 Å². The summed E-state index contributed by atoms with van der Waals surface area (Å²) in [5, 5.41) is 4.48. The summed E-state index contributed by atoms with van der Waals surface area (Å²) in [4.78, 5) is 23.3. The Kier molecular flexibility index (Phi) is 7.54. The molecule has 1 aromatic heterocycles. The highest BCUT2D eigenvalue weighted by Gasteiger charge is 2.37. The third-order valence-corrected chi connectivity index (χ3v) is 6.42. The lowest BCUT2D eigenvalue weighted by Gasteiger charge is -2.12. The molecular weight excluding hydrogens is 485 g/mol. The number of nitrogens with zero attached hydrogens (tertiary/aromatic N) is 1. The first-order chi connectivity index (χ1) is 16.8. The van der Waals surface area contributed by atoms with Crippen molar-refractivity contribution in [2.75, 3.05) is 13.2 Å². The van der Waals surface area contributed by atoms with Crippen LogP contribution in [-0.2, 0) is 17.4 Å². The Morgan fingerprint density at radius 3 is 2.57 bits per heavy atom. The number of amides is 2. The van der Waals surface area contributed by atoms with E-state index in [4.69, 9.17) is 14.0 Å². The molecule has 0 aliphatic carbocycles. The molecule has 2 amide bonds. The number of nitrogens with one attached hydrogen (secondary N) is 1. The van der Waals surface area contributed by atoms with E-state index in [-0.39, 0.29) is 22.1 Å². The molecule has 7 nitrogen and oxygen atoms in total. The van der Waals surface area contributed by atoms with Gasteiger partial charge in [0.2, 0.25) is 5.91 Å². The van der Waals surface area contributed by atoms with E-state index in [0.717, 1.165) is 11.8 Å². The van der Waals surface area contributed by atoms with Crippen LogP contribution in [0.3, 0.4) is 0 Å². The van der Waals surface area contributed by atoms with Crippen molar-refractivity contribution in [2.45, 2.75) is 44.0 Å². The lowest BCUT2D eigenvalue weighted by Crippen LogP contribution is -2.20. The second-order valence-corrected chi connectivity index (χ2v) is 9.03. The minimum Gasteiger partial charge on any atom is -0.494 e. The number of benzene rings is 2. The molecule has 1 aliphatic heterocycles. The summed E-state index contributed by atoms with van der Waals surface area (Å²) in [6.45, 7) is 2.69. The molecule has 1 fully saturated rings. The molecule has 0 saturated carbocycles. The molecule has 2 heterocycles. The highest BCUT2D eigenvalue weighted by Crippen LogP contribution is 2.38. The van der Waals surface area contributed by atoms with Gasteiger partial charge in [-0.15, -0.1) is 0 Å². The van der Waals surface area contributed by atoms with E-state index in [1.807, 2.05) is 6.92 Å². The molecule has 0 spiro atoms. The fraction of sp³-hybridized carbons (Fsp3) is 0.375.